The number of aromatic nitrogens is 1. The highest BCUT2D eigenvalue weighted by Gasteiger charge is 2.45. The Hall–Kier alpha value is -2.76. The summed E-state index contributed by atoms with van der Waals surface area (Å²) in [6, 6.07) is 15.9. The van der Waals surface area contributed by atoms with E-state index in [0.29, 0.717) is 18.4 Å². The third kappa shape index (κ3) is 5.04. The van der Waals surface area contributed by atoms with Crippen molar-refractivity contribution in [3.8, 4) is 11.8 Å². The van der Waals surface area contributed by atoms with E-state index in [2.05, 4.69) is 4.98 Å². The van der Waals surface area contributed by atoms with Gasteiger partial charge in [-0.2, -0.15) is 4.98 Å². The molecule has 2 fully saturated rings. The number of rotatable bonds is 5. The predicted molar refractivity (Wildman–Crippen MR) is 114 cm³/mol. The minimum Gasteiger partial charge on any atom is -0.474 e. The maximum Gasteiger partial charge on any atom is 0.410 e. The number of hydrogen-bond acceptors (Lipinski definition) is 5. The quantitative estimate of drug-likeness (QED) is 0.696. The van der Waals surface area contributed by atoms with Gasteiger partial charge in [-0.25, -0.2) is 4.79 Å². The van der Waals surface area contributed by atoms with E-state index in [1.807, 2.05) is 74.2 Å². The van der Waals surface area contributed by atoms with Crippen molar-refractivity contribution in [2.24, 2.45) is 0 Å². The summed E-state index contributed by atoms with van der Waals surface area (Å²) in [5.74, 6) is 1.11. The molecule has 3 atom stereocenters. The highest BCUT2D eigenvalue weighted by molar-refractivity contribution is 5.69. The molecule has 1 aromatic carbocycles. The Bertz CT molecular complexity index is 851. The van der Waals surface area contributed by atoms with Gasteiger partial charge in [0.05, 0.1) is 0 Å². The number of carbonyl (C=O) groups excluding carboxylic acids is 1. The molecule has 160 valence electrons. The minimum atomic E-state index is -0.478. The highest BCUT2D eigenvalue weighted by atomic mass is 16.6. The van der Waals surface area contributed by atoms with Gasteiger partial charge in [0.2, 0.25) is 11.8 Å². The number of nitrogens with zero attached hydrogens (tertiary/aromatic N) is 2. The van der Waals surface area contributed by atoms with Crippen molar-refractivity contribution in [2.45, 2.75) is 76.9 Å². The maximum atomic E-state index is 12.6. The van der Waals surface area contributed by atoms with Crippen LogP contribution in [0.4, 0.5) is 4.79 Å². The molecule has 2 bridgehead atoms. The molecule has 6 nitrogen and oxygen atoms in total. The molecule has 2 saturated heterocycles. The van der Waals surface area contributed by atoms with Gasteiger partial charge in [-0.15, -0.1) is 0 Å². The fourth-order valence-corrected chi connectivity index (χ4v) is 4.28. The van der Waals surface area contributed by atoms with Crippen molar-refractivity contribution in [3.05, 3.63) is 54.1 Å². The molecule has 0 spiro atoms. The van der Waals surface area contributed by atoms with Crippen LogP contribution < -0.4 is 9.47 Å². The first-order valence-electron chi connectivity index (χ1n) is 10.7. The lowest BCUT2D eigenvalue weighted by Gasteiger charge is -2.39. The number of amides is 1. The van der Waals surface area contributed by atoms with Crippen LogP contribution in [0.25, 0.3) is 0 Å². The topological polar surface area (TPSA) is 60.9 Å². The number of pyridine rings is 1. The lowest BCUT2D eigenvalue weighted by Crippen LogP contribution is -2.50. The average Bonchev–Trinajstić information content (AvgIpc) is 2.97. The molecule has 30 heavy (non-hydrogen) atoms. The first-order chi connectivity index (χ1) is 14.4. The molecule has 2 aromatic rings. The molecule has 0 N–H and O–H groups in total. The summed E-state index contributed by atoms with van der Waals surface area (Å²) in [6.07, 6.45) is 3.43. The van der Waals surface area contributed by atoms with Gasteiger partial charge in [0.1, 0.15) is 18.3 Å². The lowest BCUT2D eigenvalue weighted by molar-refractivity contribution is -0.00764. The normalized spacial score (nSPS) is 23.2. The van der Waals surface area contributed by atoms with Crippen LogP contribution in [0.2, 0.25) is 0 Å². The third-order valence-corrected chi connectivity index (χ3v) is 5.51. The number of benzene rings is 1. The van der Waals surface area contributed by atoms with E-state index in [1.54, 1.807) is 0 Å². The SMILES string of the molecule is CC(C)(C)OC(=O)N1[C@@H]2CC[C@H]1C[C@@H](Oc1cccc(OCc3ccccc3)n1)C2. The van der Waals surface area contributed by atoms with Gasteiger partial charge in [0.25, 0.3) is 0 Å². The van der Waals surface area contributed by atoms with Crippen molar-refractivity contribution < 1.29 is 19.0 Å². The summed E-state index contributed by atoms with van der Waals surface area (Å²) in [5, 5.41) is 0. The maximum absolute atomic E-state index is 12.6. The standard InChI is InChI=1S/C24H30N2O4/c1-24(2,3)30-23(27)26-18-12-13-19(26)15-20(14-18)29-22-11-7-10-21(25-22)28-16-17-8-5-4-6-9-17/h4-11,18-20H,12-16H2,1-3H3/t18-,19+,20+. The number of fused-ring (bicyclic) bond motifs is 2. The van der Waals surface area contributed by atoms with Crippen LogP contribution in [-0.2, 0) is 11.3 Å². The molecule has 2 aliphatic rings. The summed E-state index contributed by atoms with van der Waals surface area (Å²) in [4.78, 5) is 19.0. The third-order valence-electron chi connectivity index (χ3n) is 5.51. The molecule has 1 aromatic heterocycles. The van der Waals surface area contributed by atoms with Crippen LogP contribution >= 0.6 is 0 Å². The van der Waals surface area contributed by atoms with E-state index in [-0.39, 0.29) is 24.3 Å². The number of hydrogen-bond donors (Lipinski definition) is 0. The Balaban J connectivity index is 1.34. The molecule has 1 amide bonds. The van der Waals surface area contributed by atoms with Crippen molar-refractivity contribution in [1.82, 2.24) is 9.88 Å². The van der Waals surface area contributed by atoms with E-state index >= 15 is 0 Å². The highest BCUT2D eigenvalue weighted by Crippen LogP contribution is 2.38. The van der Waals surface area contributed by atoms with Gasteiger partial charge in [-0.05, 0) is 39.2 Å². The summed E-state index contributed by atoms with van der Waals surface area (Å²) >= 11 is 0. The number of ether oxygens (including phenoxy) is 3. The minimum absolute atomic E-state index is 0.0399. The molecule has 0 radical (unpaired) electrons. The van der Waals surface area contributed by atoms with Crippen molar-refractivity contribution >= 4 is 6.09 Å². The van der Waals surface area contributed by atoms with E-state index in [0.717, 1.165) is 31.2 Å². The van der Waals surface area contributed by atoms with Gasteiger partial charge in [-0.3, -0.25) is 0 Å². The van der Waals surface area contributed by atoms with Gasteiger partial charge in [0.15, 0.2) is 0 Å². The molecular formula is C24H30N2O4. The van der Waals surface area contributed by atoms with Crippen LogP contribution in [-0.4, -0.2) is 39.8 Å². The predicted octanol–water partition coefficient (Wildman–Crippen LogP) is 4.97. The van der Waals surface area contributed by atoms with Gasteiger partial charge in [-0.1, -0.05) is 36.4 Å². The van der Waals surface area contributed by atoms with E-state index < -0.39 is 5.60 Å². The molecule has 3 heterocycles. The first-order valence-corrected chi connectivity index (χ1v) is 10.7. The molecule has 0 saturated carbocycles. The Morgan fingerprint density at radius 2 is 1.67 bits per heavy atom. The lowest BCUT2D eigenvalue weighted by atomic mass is 10.0. The average molecular weight is 411 g/mol. The Morgan fingerprint density at radius 1 is 1.00 bits per heavy atom. The van der Waals surface area contributed by atoms with Crippen molar-refractivity contribution in [1.29, 1.82) is 0 Å². The number of piperidine rings is 1. The van der Waals surface area contributed by atoms with Crippen LogP contribution in [0.5, 0.6) is 11.8 Å². The molecule has 2 aliphatic heterocycles. The van der Waals surface area contributed by atoms with Crippen molar-refractivity contribution in [3.63, 3.8) is 0 Å². The smallest absolute Gasteiger partial charge is 0.410 e. The zero-order valence-corrected chi connectivity index (χ0v) is 17.9. The molecule has 4 rings (SSSR count). The van der Waals surface area contributed by atoms with E-state index in [4.69, 9.17) is 14.2 Å². The fourth-order valence-electron chi connectivity index (χ4n) is 4.28. The van der Waals surface area contributed by atoms with Crippen LogP contribution in [0, 0.1) is 0 Å². The second-order valence-corrected chi connectivity index (χ2v) is 9.07. The first kappa shape index (κ1) is 20.5. The Kier molecular flexibility index (Phi) is 5.84. The zero-order chi connectivity index (χ0) is 21.1. The zero-order valence-electron chi connectivity index (χ0n) is 17.9. The second-order valence-electron chi connectivity index (χ2n) is 9.07. The molecule has 6 heteroatoms. The van der Waals surface area contributed by atoms with Gasteiger partial charge in [0, 0.05) is 37.1 Å². The van der Waals surface area contributed by atoms with Gasteiger partial charge < -0.3 is 19.1 Å². The van der Waals surface area contributed by atoms with Crippen LogP contribution in [0.3, 0.4) is 0 Å². The van der Waals surface area contributed by atoms with Crippen LogP contribution in [0.1, 0.15) is 52.0 Å². The Morgan fingerprint density at radius 3 is 2.33 bits per heavy atom. The monoisotopic (exact) mass is 410 g/mol. The molecule has 0 aliphatic carbocycles. The van der Waals surface area contributed by atoms with E-state index in [9.17, 15) is 4.79 Å². The van der Waals surface area contributed by atoms with Gasteiger partial charge >= 0.3 is 6.09 Å². The second kappa shape index (κ2) is 8.54. The Labute approximate surface area is 178 Å². The summed E-state index contributed by atoms with van der Waals surface area (Å²) in [7, 11) is 0. The number of carbonyl (C=O) groups is 1. The molecule has 0 unspecified atom stereocenters. The van der Waals surface area contributed by atoms with Crippen molar-refractivity contribution in [2.75, 3.05) is 0 Å². The van der Waals surface area contributed by atoms with Crippen LogP contribution in [0.15, 0.2) is 48.5 Å². The summed E-state index contributed by atoms with van der Waals surface area (Å²) in [6.45, 7) is 6.18. The molecular weight excluding hydrogens is 380 g/mol. The summed E-state index contributed by atoms with van der Waals surface area (Å²) in [5.41, 5.74) is 0.616. The largest absolute Gasteiger partial charge is 0.474 e. The fraction of sp³-hybridized carbons (Fsp3) is 0.500. The van der Waals surface area contributed by atoms with E-state index in [1.165, 1.54) is 0 Å². The summed E-state index contributed by atoms with van der Waals surface area (Å²) < 4.78 is 17.6.